The minimum atomic E-state index is -0.616. The van der Waals surface area contributed by atoms with Gasteiger partial charge in [0.2, 0.25) is 5.91 Å². The minimum absolute atomic E-state index is 0.194. The Morgan fingerprint density at radius 2 is 2.06 bits per heavy atom. The van der Waals surface area contributed by atoms with E-state index in [4.69, 9.17) is 4.74 Å². The Hall–Kier alpha value is -3.34. The molecule has 7 nitrogen and oxygen atoms in total. The molecule has 3 atom stereocenters. The SMILES string of the molecule is C=C1Oc2ccc(-c3ccc(C[C@@H](C#N)NC(=O)C4CNCC(O)C4)cc3)cc2N1C. The summed E-state index contributed by atoms with van der Waals surface area (Å²) in [7, 11) is 1.92. The molecule has 2 unspecified atom stereocenters. The van der Waals surface area contributed by atoms with Gasteiger partial charge in [-0.15, -0.1) is 0 Å². The Kier molecular flexibility index (Phi) is 5.94. The van der Waals surface area contributed by atoms with Crippen LogP contribution < -0.4 is 20.3 Å². The molecule has 0 saturated carbocycles. The van der Waals surface area contributed by atoms with E-state index in [0.717, 1.165) is 28.1 Å². The van der Waals surface area contributed by atoms with Crippen LogP contribution in [0.5, 0.6) is 5.75 Å². The number of hydrogen-bond donors (Lipinski definition) is 3. The van der Waals surface area contributed by atoms with Crippen molar-refractivity contribution in [3.63, 3.8) is 0 Å². The number of aliphatic hydroxyl groups is 1. The van der Waals surface area contributed by atoms with Crippen molar-refractivity contribution < 1.29 is 14.6 Å². The second-order valence-corrected chi connectivity index (χ2v) is 8.07. The summed E-state index contributed by atoms with van der Waals surface area (Å²) in [6.07, 6.45) is 0.312. The number of nitrogens with one attached hydrogen (secondary N) is 2. The van der Waals surface area contributed by atoms with Crippen molar-refractivity contribution >= 4 is 11.6 Å². The number of aliphatic hydroxyl groups excluding tert-OH is 1. The van der Waals surface area contributed by atoms with E-state index in [1.54, 1.807) is 0 Å². The van der Waals surface area contributed by atoms with E-state index >= 15 is 0 Å². The van der Waals surface area contributed by atoms with Gasteiger partial charge in [0, 0.05) is 26.6 Å². The van der Waals surface area contributed by atoms with Crippen molar-refractivity contribution in [3.8, 4) is 22.9 Å². The second-order valence-electron chi connectivity index (χ2n) is 8.07. The summed E-state index contributed by atoms with van der Waals surface area (Å²) in [4.78, 5) is 14.4. The van der Waals surface area contributed by atoms with Crippen LogP contribution in [0.3, 0.4) is 0 Å². The number of nitriles is 1. The number of ether oxygens (including phenoxy) is 1. The monoisotopic (exact) mass is 418 g/mol. The Morgan fingerprint density at radius 3 is 2.77 bits per heavy atom. The Morgan fingerprint density at radius 1 is 1.32 bits per heavy atom. The van der Waals surface area contributed by atoms with Gasteiger partial charge in [0.25, 0.3) is 0 Å². The van der Waals surface area contributed by atoms with Gasteiger partial charge in [-0.2, -0.15) is 5.26 Å². The fourth-order valence-electron chi connectivity index (χ4n) is 3.98. The van der Waals surface area contributed by atoms with Crippen molar-refractivity contribution in [2.75, 3.05) is 25.0 Å². The highest BCUT2D eigenvalue weighted by atomic mass is 16.5. The van der Waals surface area contributed by atoms with Crippen LogP contribution in [0, 0.1) is 17.2 Å². The largest absolute Gasteiger partial charge is 0.439 e. The predicted octanol–water partition coefficient (Wildman–Crippen LogP) is 2.17. The lowest BCUT2D eigenvalue weighted by molar-refractivity contribution is -0.127. The number of carbonyl (C=O) groups excluding carboxylic acids is 1. The van der Waals surface area contributed by atoms with E-state index in [9.17, 15) is 15.2 Å². The smallest absolute Gasteiger partial charge is 0.225 e. The van der Waals surface area contributed by atoms with Gasteiger partial charge >= 0.3 is 0 Å². The molecule has 0 aliphatic carbocycles. The van der Waals surface area contributed by atoms with Crippen LogP contribution in [-0.2, 0) is 11.2 Å². The van der Waals surface area contributed by atoms with E-state index in [-0.39, 0.29) is 11.8 Å². The van der Waals surface area contributed by atoms with Crippen molar-refractivity contribution in [2.45, 2.75) is 25.0 Å². The van der Waals surface area contributed by atoms with E-state index < -0.39 is 12.1 Å². The molecular weight excluding hydrogens is 392 g/mol. The van der Waals surface area contributed by atoms with Gasteiger partial charge in [-0.05, 0) is 41.8 Å². The number of nitrogens with zero attached hydrogens (tertiary/aromatic N) is 2. The highest BCUT2D eigenvalue weighted by Gasteiger charge is 2.27. The standard InChI is InChI=1S/C24H26N4O3/c1-15-28(2)22-11-18(7-8-23(22)31-15)17-5-3-16(4-6-17)9-20(12-25)27-24(30)19-10-21(29)14-26-13-19/h3-8,11,19-21,26,29H,1,9-10,13-14H2,2H3,(H,27,30)/t19?,20-,21?/m0/s1. The van der Waals surface area contributed by atoms with Gasteiger partial charge in [0.05, 0.1) is 23.8 Å². The van der Waals surface area contributed by atoms with Gasteiger partial charge in [-0.25, -0.2) is 0 Å². The number of amides is 1. The summed E-state index contributed by atoms with van der Waals surface area (Å²) in [6, 6.07) is 15.5. The lowest BCUT2D eigenvalue weighted by atomic mass is 9.96. The summed E-state index contributed by atoms with van der Waals surface area (Å²) >= 11 is 0. The summed E-state index contributed by atoms with van der Waals surface area (Å²) in [5, 5.41) is 25.1. The first-order valence-corrected chi connectivity index (χ1v) is 10.4. The molecule has 0 spiro atoms. The lowest BCUT2D eigenvalue weighted by Gasteiger charge is -2.26. The number of benzene rings is 2. The summed E-state index contributed by atoms with van der Waals surface area (Å²) in [5.74, 6) is 0.882. The van der Waals surface area contributed by atoms with Crippen molar-refractivity contribution in [1.82, 2.24) is 10.6 Å². The maximum absolute atomic E-state index is 12.5. The Labute approximate surface area is 181 Å². The first kappa shape index (κ1) is 20.9. The number of fused-ring (bicyclic) bond motifs is 1. The van der Waals surface area contributed by atoms with Gasteiger partial charge in [-0.3, -0.25) is 4.79 Å². The predicted molar refractivity (Wildman–Crippen MR) is 118 cm³/mol. The Bertz CT molecular complexity index is 1030. The number of β-amino-alcohol motifs (C(OH)–C–C–N with tert-alkyl or cyclic N) is 1. The van der Waals surface area contributed by atoms with Crippen LogP contribution in [0.2, 0.25) is 0 Å². The molecule has 0 aromatic heterocycles. The molecule has 1 fully saturated rings. The second kappa shape index (κ2) is 8.80. The van der Waals surface area contributed by atoms with Gasteiger partial charge in [-0.1, -0.05) is 30.3 Å². The average Bonchev–Trinajstić information content (AvgIpc) is 3.06. The molecule has 2 aromatic carbocycles. The first-order chi connectivity index (χ1) is 14.9. The summed E-state index contributed by atoms with van der Waals surface area (Å²) in [6.45, 7) is 4.90. The van der Waals surface area contributed by atoms with Crippen LogP contribution >= 0.6 is 0 Å². The molecule has 160 valence electrons. The molecule has 4 rings (SSSR count). The molecule has 3 N–H and O–H groups in total. The highest BCUT2D eigenvalue weighted by Crippen LogP contribution is 2.40. The zero-order valence-electron chi connectivity index (χ0n) is 17.5. The number of rotatable bonds is 5. The lowest BCUT2D eigenvalue weighted by Crippen LogP contribution is -2.48. The first-order valence-electron chi connectivity index (χ1n) is 10.4. The van der Waals surface area contributed by atoms with E-state index in [2.05, 4.69) is 29.3 Å². The number of piperidine rings is 1. The maximum Gasteiger partial charge on any atom is 0.225 e. The van der Waals surface area contributed by atoms with Crippen molar-refractivity contribution in [2.24, 2.45) is 5.92 Å². The fourth-order valence-corrected chi connectivity index (χ4v) is 3.98. The number of hydrogen-bond acceptors (Lipinski definition) is 6. The molecule has 2 heterocycles. The molecule has 2 aliphatic heterocycles. The van der Waals surface area contributed by atoms with Crippen LogP contribution in [0.1, 0.15) is 12.0 Å². The number of carbonyl (C=O) groups is 1. The quantitative estimate of drug-likeness (QED) is 0.689. The molecule has 2 aromatic rings. The molecular formula is C24H26N4O3. The van der Waals surface area contributed by atoms with E-state index in [1.807, 2.05) is 48.3 Å². The normalized spacial score (nSPS) is 21.1. The molecule has 1 saturated heterocycles. The van der Waals surface area contributed by atoms with Crippen LogP contribution in [0.15, 0.2) is 54.9 Å². The Balaban J connectivity index is 1.41. The molecule has 0 bridgehead atoms. The molecule has 2 aliphatic rings. The van der Waals surface area contributed by atoms with E-state index in [1.165, 1.54) is 0 Å². The van der Waals surface area contributed by atoms with Gasteiger partial charge in [0.1, 0.15) is 6.04 Å². The molecule has 31 heavy (non-hydrogen) atoms. The average molecular weight is 418 g/mol. The van der Waals surface area contributed by atoms with E-state index in [0.29, 0.717) is 31.8 Å². The van der Waals surface area contributed by atoms with Crippen LogP contribution in [-0.4, -0.2) is 43.3 Å². The number of anilines is 1. The molecule has 0 radical (unpaired) electrons. The van der Waals surface area contributed by atoms with Crippen LogP contribution in [0.25, 0.3) is 11.1 Å². The van der Waals surface area contributed by atoms with Gasteiger partial charge in [0.15, 0.2) is 11.6 Å². The third kappa shape index (κ3) is 4.55. The zero-order chi connectivity index (χ0) is 22.0. The van der Waals surface area contributed by atoms with Crippen molar-refractivity contribution in [3.05, 3.63) is 60.5 Å². The topological polar surface area (TPSA) is 97.6 Å². The highest BCUT2D eigenvalue weighted by molar-refractivity contribution is 5.80. The van der Waals surface area contributed by atoms with Gasteiger partial charge < -0.3 is 25.4 Å². The molecule has 7 heteroatoms. The van der Waals surface area contributed by atoms with Crippen molar-refractivity contribution in [1.29, 1.82) is 5.26 Å². The fraction of sp³-hybridized carbons (Fsp3) is 0.333. The van der Waals surface area contributed by atoms with Crippen LogP contribution in [0.4, 0.5) is 5.69 Å². The maximum atomic E-state index is 12.5. The zero-order valence-corrected chi connectivity index (χ0v) is 17.5. The summed E-state index contributed by atoms with van der Waals surface area (Å²) < 4.78 is 5.61. The summed E-state index contributed by atoms with van der Waals surface area (Å²) in [5.41, 5.74) is 4.05. The minimum Gasteiger partial charge on any atom is -0.439 e. The molecule has 1 amide bonds. The third-order valence-corrected chi connectivity index (χ3v) is 5.82. The third-order valence-electron chi connectivity index (χ3n) is 5.82.